The molecule has 6 aromatic rings. The Morgan fingerprint density at radius 3 is 1.39 bits per heavy atom. The molecule has 6 amide bonds. The summed E-state index contributed by atoms with van der Waals surface area (Å²) in [6.07, 6.45) is 6.86. The number of alkyl halides is 6. The Bertz CT molecular complexity index is 4690. The maximum absolute atomic E-state index is 15.5. The molecule has 736 valence electrons. The van der Waals surface area contributed by atoms with E-state index in [1.165, 1.54) is 41.6 Å². The van der Waals surface area contributed by atoms with E-state index in [9.17, 15) is 37.5 Å². The Morgan fingerprint density at radius 2 is 0.895 bits per heavy atom. The lowest BCUT2D eigenvalue weighted by Gasteiger charge is -2.35. The highest BCUT2D eigenvalue weighted by Crippen LogP contribution is 2.40. The summed E-state index contributed by atoms with van der Waals surface area (Å²) in [5.74, 6) is -9.04. The van der Waals surface area contributed by atoms with Crippen LogP contribution in [0.1, 0.15) is 246 Å². The van der Waals surface area contributed by atoms with Crippen LogP contribution in [0.5, 0.6) is 0 Å². The fourth-order valence-corrected chi connectivity index (χ4v) is 16.1. The lowest BCUT2D eigenvalue weighted by molar-refractivity contribution is -0.0972. The fraction of sp³-hybridized carbons (Fsp3) is 0.630. The Hall–Kier alpha value is -10.2. The number of aromatic nitrogens is 5. The number of pyridine rings is 5. The van der Waals surface area contributed by atoms with Crippen molar-refractivity contribution in [3.63, 3.8) is 0 Å². The topological polar surface area (TPSA) is 304 Å². The zero-order chi connectivity index (χ0) is 98.2. The summed E-state index contributed by atoms with van der Waals surface area (Å²) < 4.78 is 142. The van der Waals surface area contributed by atoms with E-state index in [1.54, 1.807) is 153 Å². The van der Waals surface area contributed by atoms with E-state index in [1.807, 2.05) is 75.4 Å². The number of carbonyl (C=O) groups excluding carboxylic acids is 6. The Morgan fingerprint density at radius 1 is 0.444 bits per heavy atom. The van der Waals surface area contributed by atoms with Crippen LogP contribution in [0.2, 0.25) is 0 Å². The normalized spacial score (nSPS) is 18.2. The van der Waals surface area contributed by atoms with Crippen LogP contribution in [0, 0.1) is 44.4 Å². The third-order valence-electron chi connectivity index (χ3n) is 21.8. The number of ether oxygens (including phenoxy) is 9. The molecular weight excluding hydrogens is 1720 g/mol. The minimum atomic E-state index is -3.47. The summed E-state index contributed by atoms with van der Waals surface area (Å²) in [6, 6.07) is 29.6. The minimum Gasteiger partial charge on any atom is -0.444 e. The molecule has 4 aliphatic rings. The van der Waals surface area contributed by atoms with Gasteiger partial charge in [0.05, 0.1) is 64.2 Å². The van der Waals surface area contributed by atoms with Crippen molar-refractivity contribution < 1.29 is 97.7 Å². The van der Waals surface area contributed by atoms with Crippen molar-refractivity contribution in [2.24, 2.45) is 23.7 Å². The van der Waals surface area contributed by atoms with Gasteiger partial charge in [0.15, 0.2) is 0 Å². The number of unbranched alkanes of at least 4 members (excludes halogenated alkanes) is 1. The van der Waals surface area contributed by atoms with Gasteiger partial charge in [-0.2, -0.15) is 17.6 Å². The second-order valence-electron chi connectivity index (χ2n) is 41.3. The molecule has 4 fully saturated rings. The molecule has 2 aliphatic heterocycles. The Balaban J connectivity index is 0.000000258. The third kappa shape index (κ3) is 37.9. The van der Waals surface area contributed by atoms with Gasteiger partial charge < -0.3 is 58.2 Å². The molecule has 0 bridgehead atoms. The predicted octanol–water partition coefficient (Wildman–Crippen LogP) is 21.6. The van der Waals surface area contributed by atoms with Crippen LogP contribution in [-0.4, -0.2) is 211 Å². The number of anilines is 3. The standard InChI is InChI=1S/C42H57F2N5O7.C36H58F2N4O7.C22H29F2N3O/c1-29-22-32(46-35(23-29)49(38(52)56-41(8,9)10)25-30-16-12-11-13-17-30)24-31-26-48(37(51)55-40(5,6)7)27-33(31)53-21-20-47(36(50)54-39(2,3)4)28-42(43,44)34-18-14-15-19-45-34;1-24-18-27(39-29(19-24)40-30(43)47-33(2,3)4)20-25-21-42(32(45)49-35(8,9)10)22-28(25)46-17-16-41(31(44)48-34(5,6)7)23-36(37,38)26-14-12-11-13-15-26;1-16-13-18(27-21(25)14-16)15-17-7-6-8-19(17)28-12-5-3-10-22(23,24)20-9-2-4-11-26-20/h11-19,22-23,31,33H,20-21,24-28H2,1-10H3;18-19,25-26,28H,11-17,20-23H2,1-10H3,(H,39,40,43);2,4,9,11,13-14,17,19H,3,5-8,10,12,15H2,1H3,(H2,25,27)/t31-,33+;25-,28+;17-,19-/m110/s1. The van der Waals surface area contributed by atoms with Crippen LogP contribution in [0.25, 0.3) is 0 Å². The third-order valence-corrected chi connectivity index (χ3v) is 21.8. The molecule has 0 spiro atoms. The van der Waals surface area contributed by atoms with Crippen LogP contribution in [0.15, 0.2) is 116 Å². The molecule has 2 saturated carbocycles. The molecule has 1 aromatic carbocycles. The van der Waals surface area contributed by atoms with Crippen molar-refractivity contribution in [3.8, 4) is 0 Å². The number of rotatable bonds is 31. The maximum Gasteiger partial charge on any atom is 0.416 e. The van der Waals surface area contributed by atoms with Crippen molar-refractivity contribution >= 4 is 54.0 Å². The van der Waals surface area contributed by atoms with Gasteiger partial charge >= 0.3 is 42.5 Å². The van der Waals surface area contributed by atoms with Crippen molar-refractivity contribution in [2.45, 2.75) is 312 Å². The van der Waals surface area contributed by atoms with E-state index >= 15 is 17.6 Å². The van der Waals surface area contributed by atoms with Gasteiger partial charge in [0.25, 0.3) is 11.8 Å². The first kappa shape index (κ1) is 108. The van der Waals surface area contributed by atoms with Gasteiger partial charge in [0, 0.05) is 86.4 Å². The number of likely N-dealkylation sites (tertiary alicyclic amines) is 2. The highest BCUT2D eigenvalue weighted by Gasteiger charge is 2.46. The molecule has 133 heavy (non-hydrogen) atoms. The van der Waals surface area contributed by atoms with Gasteiger partial charge in [0.1, 0.15) is 62.4 Å². The van der Waals surface area contributed by atoms with Gasteiger partial charge in [-0.25, -0.2) is 52.5 Å². The summed E-state index contributed by atoms with van der Waals surface area (Å²) >= 11 is 0. The monoisotopic (exact) mass is 1870 g/mol. The van der Waals surface area contributed by atoms with E-state index in [4.69, 9.17) is 53.3 Å². The summed E-state index contributed by atoms with van der Waals surface area (Å²) in [6.45, 7) is 36.7. The predicted molar refractivity (Wildman–Crippen MR) is 498 cm³/mol. The van der Waals surface area contributed by atoms with E-state index in [0.717, 1.165) is 82.7 Å². The average Bonchev–Trinajstić information content (AvgIpc) is 1.75. The minimum absolute atomic E-state index is 0.0456. The summed E-state index contributed by atoms with van der Waals surface area (Å²) in [4.78, 5) is 107. The molecule has 33 heteroatoms. The molecule has 0 radical (unpaired) electrons. The molecule has 2 saturated heterocycles. The first-order valence-corrected chi connectivity index (χ1v) is 46.4. The quantitative estimate of drug-likeness (QED) is 0.0232. The Kier molecular flexibility index (Phi) is 38.5. The van der Waals surface area contributed by atoms with Crippen molar-refractivity contribution in [3.05, 3.63) is 166 Å². The number of aryl methyl sites for hydroxylation is 3. The maximum atomic E-state index is 15.5. The first-order valence-electron chi connectivity index (χ1n) is 46.4. The summed E-state index contributed by atoms with van der Waals surface area (Å²) in [5, 5.41) is 2.69. The zero-order valence-electron chi connectivity index (χ0n) is 81.8. The van der Waals surface area contributed by atoms with E-state index in [0.29, 0.717) is 86.4 Å². The van der Waals surface area contributed by atoms with E-state index in [2.05, 4.69) is 31.3 Å². The van der Waals surface area contributed by atoms with Crippen molar-refractivity contribution in [1.29, 1.82) is 0 Å². The Labute approximate surface area is 782 Å². The second kappa shape index (κ2) is 47.4. The van der Waals surface area contributed by atoms with Gasteiger partial charge in [-0.15, -0.1) is 0 Å². The number of amides is 6. The molecule has 7 heterocycles. The largest absolute Gasteiger partial charge is 0.444 e. The number of halogens is 6. The molecule has 5 aromatic heterocycles. The van der Waals surface area contributed by atoms with Crippen LogP contribution >= 0.6 is 0 Å². The van der Waals surface area contributed by atoms with Gasteiger partial charge in [-0.3, -0.25) is 30.0 Å². The molecule has 0 unspecified atom stereocenters. The van der Waals surface area contributed by atoms with Crippen molar-refractivity contribution in [1.82, 2.24) is 44.5 Å². The molecule has 6 atom stereocenters. The highest BCUT2D eigenvalue weighted by molar-refractivity contribution is 5.87. The number of hydrogen-bond donors (Lipinski definition) is 2. The number of carbonyl (C=O) groups is 6. The average molecular weight is 1870 g/mol. The van der Waals surface area contributed by atoms with E-state index in [-0.39, 0.29) is 82.5 Å². The van der Waals surface area contributed by atoms with Crippen LogP contribution in [-0.2, 0) is 80.3 Å². The lowest BCUT2D eigenvalue weighted by Crippen LogP contribution is -2.48. The van der Waals surface area contributed by atoms with Crippen LogP contribution in [0.3, 0.4) is 0 Å². The van der Waals surface area contributed by atoms with Crippen molar-refractivity contribution in [2.75, 3.05) is 88.1 Å². The van der Waals surface area contributed by atoms with Crippen LogP contribution in [0.4, 0.5) is 72.6 Å². The SMILES string of the molecule is Cc1cc(C[C@@H]2CN(C(=O)OC(C)(C)C)C[C@@H]2OCCN(CC(F)(F)C2CCCCC2)C(=O)OC(C)(C)C)nc(NC(=O)OC(C)(C)C)c1.Cc1cc(C[C@@H]2CN(C(=O)OC(C)(C)C)C[C@@H]2OCCN(CC(F)(F)c2ccccn2)C(=O)OC(C)(C)C)nc(N(Cc2ccccc2)C(=O)OC(C)(C)C)c1.Cc1cc(N)nc(C[C@@H]2CCC[C@@H]2OCCCCC(F)(F)c2ccccn2)c1. The summed E-state index contributed by atoms with van der Waals surface area (Å²) in [7, 11) is 0. The number of hydrogen-bond acceptors (Lipinski definition) is 21. The van der Waals surface area contributed by atoms with Gasteiger partial charge in [-0.1, -0.05) is 68.1 Å². The number of nitrogens with zero attached hydrogens (tertiary/aromatic N) is 10. The highest BCUT2D eigenvalue weighted by atomic mass is 19.3. The zero-order valence-corrected chi connectivity index (χ0v) is 81.8. The smallest absolute Gasteiger partial charge is 0.416 e. The molecule has 10 rings (SSSR count). The first-order chi connectivity index (χ1) is 61.9. The number of nitrogens with one attached hydrogen (secondary N) is 1. The lowest BCUT2D eigenvalue weighted by atomic mass is 9.84. The molecule has 2 aliphatic carbocycles. The van der Waals surface area contributed by atoms with Gasteiger partial charge in [-0.05, 0) is 292 Å². The fourth-order valence-electron chi connectivity index (χ4n) is 16.1. The second-order valence-corrected chi connectivity index (χ2v) is 41.3. The molecule has 27 nitrogen and oxygen atoms in total. The van der Waals surface area contributed by atoms with Gasteiger partial charge in [0.2, 0.25) is 0 Å². The van der Waals surface area contributed by atoms with E-state index < -0.39 is 125 Å². The molecular formula is C100H144F6N12O15. The summed E-state index contributed by atoms with van der Waals surface area (Å²) in [5.41, 5.74) is 6.60. The number of nitrogens with two attached hydrogens (primary N) is 1. The number of benzene rings is 1. The number of nitrogen functional groups attached to an aromatic ring is 1. The van der Waals surface area contributed by atoms with Crippen LogP contribution < -0.4 is 16.0 Å². The molecule has 3 N–H and O–H groups in total.